The molecular weight excluding hydrogens is 370 g/mol. The van der Waals surface area contributed by atoms with Gasteiger partial charge in [-0.15, -0.1) is 0 Å². The van der Waals surface area contributed by atoms with Crippen molar-refractivity contribution in [3.05, 3.63) is 63.5 Å². The van der Waals surface area contributed by atoms with E-state index in [0.29, 0.717) is 22.5 Å². The Kier molecular flexibility index (Phi) is 4.53. The van der Waals surface area contributed by atoms with Crippen LogP contribution in [-0.4, -0.2) is 25.5 Å². The van der Waals surface area contributed by atoms with Gasteiger partial charge in [-0.25, -0.2) is 0 Å². The highest BCUT2D eigenvalue weighted by Crippen LogP contribution is 2.21. The van der Waals surface area contributed by atoms with Crippen LogP contribution >= 0.6 is 15.9 Å². The molecule has 2 aromatic heterocycles. The fourth-order valence-electron chi connectivity index (χ4n) is 2.57. The van der Waals surface area contributed by atoms with Gasteiger partial charge in [0.15, 0.2) is 5.82 Å². The summed E-state index contributed by atoms with van der Waals surface area (Å²) < 4.78 is 4.05. The molecule has 0 radical (unpaired) electrons. The van der Waals surface area contributed by atoms with Crippen LogP contribution in [0.4, 0.5) is 5.82 Å². The number of aryl methyl sites for hydroxylation is 3. The predicted molar refractivity (Wildman–Crippen MR) is 96.1 cm³/mol. The maximum Gasteiger partial charge on any atom is 0.276 e. The number of carbonyl (C=O) groups is 1. The van der Waals surface area contributed by atoms with Gasteiger partial charge in [0.25, 0.3) is 5.91 Å². The Morgan fingerprint density at radius 2 is 2.04 bits per heavy atom. The van der Waals surface area contributed by atoms with Crippen molar-refractivity contribution in [3.63, 3.8) is 0 Å². The molecule has 2 heterocycles. The Hall–Kier alpha value is -2.41. The maximum absolute atomic E-state index is 12.4. The van der Waals surface area contributed by atoms with Gasteiger partial charge in [-0.2, -0.15) is 10.2 Å². The lowest BCUT2D eigenvalue weighted by Crippen LogP contribution is -2.17. The van der Waals surface area contributed by atoms with Crippen LogP contribution < -0.4 is 5.32 Å². The van der Waals surface area contributed by atoms with Crippen molar-refractivity contribution < 1.29 is 4.79 Å². The molecule has 0 aliphatic carbocycles. The summed E-state index contributed by atoms with van der Waals surface area (Å²) >= 11 is 3.40. The number of halogens is 1. The number of aromatic nitrogens is 4. The Morgan fingerprint density at radius 1 is 1.25 bits per heavy atom. The molecule has 0 spiro atoms. The molecule has 7 heteroatoms. The summed E-state index contributed by atoms with van der Waals surface area (Å²) in [6.45, 7) is 4.56. The molecule has 6 nitrogen and oxygen atoms in total. The molecule has 0 saturated heterocycles. The minimum atomic E-state index is -0.245. The fraction of sp³-hybridized carbons (Fsp3) is 0.235. The van der Waals surface area contributed by atoms with Crippen molar-refractivity contribution in [2.45, 2.75) is 20.4 Å². The van der Waals surface area contributed by atoms with E-state index in [-0.39, 0.29) is 5.91 Å². The van der Waals surface area contributed by atoms with Crippen molar-refractivity contribution in [3.8, 4) is 0 Å². The molecule has 1 aromatic carbocycles. The zero-order chi connectivity index (χ0) is 17.3. The summed E-state index contributed by atoms with van der Waals surface area (Å²) in [4.78, 5) is 12.4. The number of nitrogens with one attached hydrogen (secondary N) is 1. The first-order valence-corrected chi connectivity index (χ1v) is 8.33. The van der Waals surface area contributed by atoms with Crippen molar-refractivity contribution in [2.24, 2.45) is 7.05 Å². The molecule has 0 unspecified atom stereocenters. The number of benzene rings is 1. The number of amides is 1. The first-order valence-electron chi connectivity index (χ1n) is 7.53. The van der Waals surface area contributed by atoms with Gasteiger partial charge in [0.05, 0.1) is 16.7 Å². The minimum absolute atomic E-state index is 0.245. The standard InChI is InChI=1S/C17H18BrN5O/c1-11-5-4-6-13(9-11)10-23-8-7-14(21-23)19-17(24)16-15(18)12(2)20-22(16)3/h4-9H,10H2,1-3H3,(H,19,21,24). The molecule has 3 rings (SSSR count). The minimum Gasteiger partial charge on any atom is -0.304 e. The van der Waals surface area contributed by atoms with Gasteiger partial charge in [0.1, 0.15) is 5.69 Å². The number of anilines is 1. The molecule has 124 valence electrons. The number of hydrogen-bond acceptors (Lipinski definition) is 3. The van der Waals surface area contributed by atoms with Crippen molar-refractivity contribution in [1.29, 1.82) is 0 Å². The zero-order valence-corrected chi connectivity index (χ0v) is 15.3. The van der Waals surface area contributed by atoms with Crippen LogP contribution in [0.3, 0.4) is 0 Å². The van der Waals surface area contributed by atoms with Gasteiger partial charge >= 0.3 is 0 Å². The molecule has 3 aromatic rings. The Labute approximate surface area is 148 Å². The first-order chi connectivity index (χ1) is 11.4. The molecule has 0 saturated carbocycles. The van der Waals surface area contributed by atoms with Crippen LogP contribution in [0.25, 0.3) is 0 Å². The summed E-state index contributed by atoms with van der Waals surface area (Å²) in [6, 6.07) is 10.0. The quantitative estimate of drug-likeness (QED) is 0.746. The highest BCUT2D eigenvalue weighted by atomic mass is 79.9. The van der Waals surface area contributed by atoms with Gasteiger partial charge in [-0.3, -0.25) is 14.2 Å². The van der Waals surface area contributed by atoms with Crippen molar-refractivity contribution in [2.75, 3.05) is 5.32 Å². The molecular formula is C17H18BrN5O. The molecule has 0 atom stereocenters. The SMILES string of the molecule is Cc1cccc(Cn2ccc(NC(=O)c3c(Br)c(C)nn3C)n2)c1. The third-order valence-corrected chi connectivity index (χ3v) is 4.62. The summed E-state index contributed by atoms with van der Waals surface area (Å²) in [5.41, 5.74) is 3.62. The Morgan fingerprint density at radius 3 is 2.71 bits per heavy atom. The highest BCUT2D eigenvalue weighted by Gasteiger charge is 2.19. The van der Waals surface area contributed by atoms with Gasteiger partial charge in [0.2, 0.25) is 0 Å². The molecule has 24 heavy (non-hydrogen) atoms. The van der Waals surface area contributed by atoms with Crippen LogP contribution in [0.5, 0.6) is 0 Å². The normalized spacial score (nSPS) is 10.8. The third-order valence-electron chi connectivity index (χ3n) is 3.67. The van der Waals surface area contributed by atoms with Crippen LogP contribution in [0.15, 0.2) is 41.0 Å². The summed E-state index contributed by atoms with van der Waals surface area (Å²) in [6.07, 6.45) is 1.85. The first kappa shape index (κ1) is 16.4. The summed E-state index contributed by atoms with van der Waals surface area (Å²) in [7, 11) is 1.74. The molecule has 0 bridgehead atoms. The largest absolute Gasteiger partial charge is 0.304 e. The predicted octanol–water partition coefficient (Wildman–Crippen LogP) is 3.30. The molecule has 1 amide bonds. The lowest BCUT2D eigenvalue weighted by atomic mass is 10.1. The second-order valence-corrected chi connectivity index (χ2v) is 6.51. The highest BCUT2D eigenvalue weighted by molar-refractivity contribution is 9.10. The summed E-state index contributed by atoms with van der Waals surface area (Å²) in [5, 5.41) is 11.4. The third kappa shape index (κ3) is 3.41. The van der Waals surface area contributed by atoms with Gasteiger partial charge < -0.3 is 5.32 Å². The van der Waals surface area contributed by atoms with Crippen LogP contribution in [0, 0.1) is 13.8 Å². The summed E-state index contributed by atoms with van der Waals surface area (Å²) in [5.74, 6) is 0.268. The number of carbonyl (C=O) groups excluding carboxylic acids is 1. The van der Waals surface area contributed by atoms with E-state index in [9.17, 15) is 4.79 Å². The number of nitrogens with zero attached hydrogens (tertiary/aromatic N) is 4. The van der Waals surface area contributed by atoms with E-state index >= 15 is 0 Å². The van der Waals surface area contributed by atoms with Crippen LogP contribution in [0.2, 0.25) is 0 Å². The lowest BCUT2D eigenvalue weighted by Gasteiger charge is -2.04. The lowest BCUT2D eigenvalue weighted by molar-refractivity contribution is 0.101. The topological polar surface area (TPSA) is 64.7 Å². The van der Waals surface area contributed by atoms with Gasteiger partial charge in [-0.05, 0) is 35.3 Å². The second kappa shape index (κ2) is 6.60. The number of hydrogen-bond donors (Lipinski definition) is 1. The zero-order valence-electron chi connectivity index (χ0n) is 13.7. The van der Waals surface area contributed by atoms with Crippen LogP contribution in [0.1, 0.15) is 27.3 Å². The van der Waals surface area contributed by atoms with E-state index in [4.69, 9.17) is 0 Å². The monoisotopic (exact) mass is 387 g/mol. The number of rotatable bonds is 4. The van der Waals surface area contributed by atoms with E-state index in [1.54, 1.807) is 22.5 Å². The van der Waals surface area contributed by atoms with Gasteiger partial charge in [0, 0.05) is 19.3 Å². The van der Waals surface area contributed by atoms with E-state index in [1.165, 1.54) is 11.1 Å². The van der Waals surface area contributed by atoms with E-state index < -0.39 is 0 Å². The van der Waals surface area contributed by atoms with Gasteiger partial charge in [-0.1, -0.05) is 29.8 Å². The second-order valence-electron chi connectivity index (χ2n) is 5.71. The Balaban J connectivity index is 1.73. The van der Waals surface area contributed by atoms with Crippen LogP contribution in [-0.2, 0) is 13.6 Å². The average Bonchev–Trinajstić information content (AvgIpc) is 3.04. The van der Waals surface area contributed by atoms with E-state index in [0.717, 1.165) is 5.69 Å². The maximum atomic E-state index is 12.4. The molecule has 0 aliphatic rings. The smallest absolute Gasteiger partial charge is 0.276 e. The molecule has 0 fully saturated rings. The van der Waals surface area contributed by atoms with Crippen molar-refractivity contribution in [1.82, 2.24) is 19.6 Å². The van der Waals surface area contributed by atoms with Crippen molar-refractivity contribution >= 4 is 27.7 Å². The molecule has 0 aliphatic heterocycles. The van der Waals surface area contributed by atoms with E-state index in [1.807, 2.05) is 19.2 Å². The Bertz CT molecular complexity index is 896. The molecule has 1 N–H and O–H groups in total. The fourth-order valence-corrected chi connectivity index (χ4v) is 3.08. The van der Waals surface area contributed by atoms with E-state index in [2.05, 4.69) is 56.6 Å². The average molecular weight is 388 g/mol.